The highest BCUT2D eigenvalue weighted by atomic mass is 79.9. The molecule has 0 aliphatic carbocycles. The first kappa shape index (κ1) is 20.5. The molecule has 1 saturated heterocycles. The molecular formula is C19H18BrN5O4S. The van der Waals surface area contributed by atoms with Gasteiger partial charge in [-0.1, -0.05) is 0 Å². The van der Waals surface area contributed by atoms with E-state index in [1.807, 2.05) is 28.9 Å². The van der Waals surface area contributed by atoms with Crippen LogP contribution in [0, 0.1) is 0 Å². The Hall–Kier alpha value is -2.76. The maximum atomic E-state index is 12.7. The van der Waals surface area contributed by atoms with Crippen LogP contribution in [0.25, 0.3) is 5.65 Å². The van der Waals surface area contributed by atoms with Gasteiger partial charge in [0.15, 0.2) is 0 Å². The van der Waals surface area contributed by atoms with Gasteiger partial charge in [0.25, 0.3) is 5.91 Å². The number of fused-ring (bicyclic) bond motifs is 1. The topological polar surface area (TPSA) is 113 Å². The average molecular weight is 492 g/mol. The van der Waals surface area contributed by atoms with Gasteiger partial charge in [-0.3, -0.25) is 9.59 Å². The lowest BCUT2D eigenvalue weighted by atomic mass is 10.2. The van der Waals surface area contributed by atoms with Crippen molar-refractivity contribution in [3.8, 4) is 0 Å². The molecule has 3 heterocycles. The molecule has 3 aromatic rings. The minimum absolute atomic E-state index is 0.0414. The number of sulfonamides is 1. The molecule has 1 aliphatic rings. The van der Waals surface area contributed by atoms with Gasteiger partial charge in [-0.15, -0.1) is 0 Å². The number of carbonyl (C=O) groups is 2. The van der Waals surface area contributed by atoms with Gasteiger partial charge >= 0.3 is 0 Å². The van der Waals surface area contributed by atoms with E-state index in [0.717, 1.165) is 14.4 Å². The number of halogens is 1. The number of rotatable bonds is 5. The summed E-state index contributed by atoms with van der Waals surface area (Å²) < 4.78 is 29.2. The first-order chi connectivity index (χ1) is 14.3. The molecule has 0 atom stereocenters. The van der Waals surface area contributed by atoms with Gasteiger partial charge < -0.3 is 15.0 Å². The predicted octanol–water partition coefficient (Wildman–Crippen LogP) is 1.15. The van der Waals surface area contributed by atoms with Gasteiger partial charge in [0.1, 0.15) is 5.65 Å². The molecule has 4 rings (SSSR count). The van der Waals surface area contributed by atoms with Gasteiger partial charge in [-0.05, 0) is 52.3 Å². The van der Waals surface area contributed by atoms with Crippen molar-refractivity contribution >= 4 is 43.4 Å². The van der Waals surface area contributed by atoms with E-state index in [1.165, 1.54) is 24.3 Å². The molecule has 2 amide bonds. The molecule has 0 radical (unpaired) electrons. The first-order valence-electron chi connectivity index (χ1n) is 9.11. The highest BCUT2D eigenvalue weighted by molar-refractivity contribution is 9.10. The van der Waals surface area contributed by atoms with E-state index in [1.54, 1.807) is 0 Å². The molecule has 2 N–H and O–H groups in total. The summed E-state index contributed by atoms with van der Waals surface area (Å²) in [5, 5.41) is 5.37. The van der Waals surface area contributed by atoms with E-state index in [9.17, 15) is 18.0 Å². The van der Waals surface area contributed by atoms with Gasteiger partial charge in [0.2, 0.25) is 15.9 Å². The lowest BCUT2D eigenvalue weighted by Gasteiger charge is -2.25. The van der Waals surface area contributed by atoms with E-state index in [2.05, 4.69) is 31.5 Å². The maximum absolute atomic E-state index is 12.7. The molecule has 156 valence electrons. The number of piperazine rings is 1. The fourth-order valence-corrected chi connectivity index (χ4v) is 4.87. The number of imidazole rings is 1. The molecule has 1 fully saturated rings. The third kappa shape index (κ3) is 4.23. The fraction of sp³-hybridized carbons (Fsp3) is 0.211. The predicted molar refractivity (Wildman–Crippen MR) is 112 cm³/mol. The Kier molecular flexibility index (Phi) is 5.58. The summed E-state index contributed by atoms with van der Waals surface area (Å²) in [5.74, 6) is -0.672. The molecule has 2 aromatic heterocycles. The summed E-state index contributed by atoms with van der Waals surface area (Å²) >= 11 is 3.40. The minimum atomic E-state index is -3.79. The lowest BCUT2D eigenvalue weighted by Crippen LogP contribution is -2.49. The molecule has 9 nitrogen and oxygen atoms in total. The van der Waals surface area contributed by atoms with Crippen LogP contribution in [0.4, 0.5) is 0 Å². The van der Waals surface area contributed by atoms with E-state index in [4.69, 9.17) is 0 Å². The van der Waals surface area contributed by atoms with Crippen LogP contribution in [0.3, 0.4) is 0 Å². The van der Waals surface area contributed by atoms with Crippen molar-refractivity contribution in [2.24, 2.45) is 0 Å². The second kappa shape index (κ2) is 8.17. The maximum Gasteiger partial charge on any atom is 0.251 e. The highest BCUT2D eigenvalue weighted by Crippen LogP contribution is 2.17. The van der Waals surface area contributed by atoms with Crippen molar-refractivity contribution in [3.05, 3.63) is 64.5 Å². The standard InChI is InChI=1S/C19H18BrN5O4S/c20-14-3-6-17-23-15(11-24(17)10-14)9-22-19(27)13-1-4-16(5-2-13)30(28,29)25-8-7-21-18(26)12-25/h1-6,10-11H,7-9,12H2,(H,21,26)(H,22,27). The number of carbonyl (C=O) groups excluding carboxylic acids is 2. The molecule has 30 heavy (non-hydrogen) atoms. The third-order valence-electron chi connectivity index (χ3n) is 4.65. The monoisotopic (exact) mass is 491 g/mol. The van der Waals surface area contributed by atoms with Crippen molar-refractivity contribution in [2.45, 2.75) is 11.4 Å². The van der Waals surface area contributed by atoms with Crippen LogP contribution in [0.1, 0.15) is 16.1 Å². The van der Waals surface area contributed by atoms with Crippen LogP contribution in [0.5, 0.6) is 0 Å². The Morgan fingerprint density at radius 2 is 1.93 bits per heavy atom. The number of nitrogens with zero attached hydrogens (tertiary/aromatic N) is 3. The van der Waals surface area contributed by atoms with Gasteiger partial charge in [-0.2, -0.15) is 4.31 Å². The van der Waals surface area contributed by atoms with E-state index in [-0.39, 0.29) is 42.9 Å². The smallest absolute Gasteiger partial charge is 0.251 e. The van der Waals surface area contributed by atoms with Crippen LogP contribution < -0.4 is 10.6 Å². The largest absolute Gasteiger partial charge is 0.354 e. The van der Waals surface area contributed by atoms with Crippen LogP contribution in [-0.2, 0) is 21.4 Å². The fourth-order valence-electron chi connectivity index (χ4n) is 3.12. The summed E-state index contributed by atoms with van der Waals surface area (Å²) in [4.78, 5) is 28.4. The van der Waals surface area contributed by atoms with Crippen LogP contribution >= 0.6 is 15.9 Å². The minimum Gasteiger partial charge on any atom is -0.354 e. The van der Waals surface area contributed by atoms with Gasteiger partial charge in [0, 0.05) is 35.5 Å². The van der Waals surface area contributed by atoms with Crippen LogP contribution in [-0.4, -0.2) is 53.6 Å². The van der Waals surface area contributed by atoms with Crippen molar-refractivity contribution in [1.82, 2.24) is 24.3 Å². The lowest BCUT2D eigenvalue weighted by molar-refractivity contribution is -0.122. The van der Waals surface area contributed by atoms with E-state index >= 15 is 0 Å². The third-order valence-corrected chi connectivity index (χ3v) is 6.98. The Morgan fingerprint density at radius 1 is 1.17 bits per heavy atom. The zero-order valence-electron chi connectivity index (χ0n) is 15.7. The zero-order valence-corrected chi connectivity index (χ0v) is 18.1. The Morgan fingerprint density at radius 3 is 2.67 bits per heavy atom. The summed E-state index contributed by atoms with van der Waals surface area (Å²) in [6.07, 6.45) is 3.70. The van der Waals surface area contributed by atoms with Gasteiger partial charge in [-0.25, -0.2) is 13.4 Å². The molecule has 0 spiro atoms. The number of hydrogen-bond acceptors (Lipinski definition) is 5. The van der Waals surface area contributed by atoms with Crippen molar-refractivity contribution in [1.29, 1.82) is 0 Å². The number of hydrogen-bond donors (Lipinski definition) is 2. The quantitative estimate of drug-likeness (QED) is 0.555. The average Bonchev–Trinajstić information content (AvgIpc) is 3.14. The van der Waals surface area contributed by atoms with Crippen molar-refractivity contribution < 1.29 is 18.0 Å². The Labute approximate surface area is 181 Å². The van der Waals surface area contributed by atoms with Crippen molar-refractivity contribution in [3.63, 3.8) is 0 Å². The number of benzene rings is 1. The second-order valence-electron chi connectivity index (χ2n) is 6.74. The molecule has 1 aliphatic heterocycles. The summed E-state index contributed by atoms with van der Waals surface area (Å²) in [7, 11) is -3.79. The number of pyridine rings is 1. The molecule has 1 aromatic carbocycles. The van der Waals surface area contributed by atoms with Gasteiger partial charge in [0.05, 0.1) is 23.7 Å². The summed E-state index contributed by atoms with van der Waals surface area (Å²) in [6, 6.07) is 9.40. The normalized spacial score (nSPS) is 15.2. The van der Waals surface area contributed by atoms with Crippen LogP contribution in [0.2, 0.25) is 0 Å². The zero-order chi connectivity index (χ0) is 21.3. The van der Waals surface area contributed by atoms with E-state index < -0.39 is 10.0 Å². The Bertz CT molecular complexity index is 1220. The SMILES string of the molecule is O=C1CN(S(=O)(=O)c2ccc(C(=O)NCc3cn4cc(Br)ccc4n3)cc2)CCN1. The molecular weight excluding hydrogens is 474 g/mol. The highest BCUT2D eigenvalue weighted by Gasteiger charge is 2.29. The molecule has 11 heteroatoms. The summed E-state index contributed by atoms with van der Waals surface area (Å²) in [6.45, 7) is 0.520. The molecule has 0 saturated carbocycles. The molecule has 0 bridgehead atoms. The second-order valence-corrected chi connectivity index (χ2v) is 9.59. The van der Waals surface area contributed by atoms with Crippen LogP contribution in [0.15, 0.2) is 58.2 Å². The molecule has 0 unspecified atom stereocenters. The van der Waals surface area contributed by atoms with Crippen molar-refractivity contribution in [2.75, 3.05) is 19.6 Å². The number of aromatic nitrogens is 2. The van der Waals surface area contributed by atoms with E-state index in [0.29, 0.717) is 11.3 Å². The first-order valence-corrected chi connectivity index (χ1v) is 11.3. The number of amides is 2. The Balaban J connectivity index is 1.42. The summed E-state index contributed by atoms with van der Waals surface area (Å²) in [5.41, 5.74) is 1.80. The number of nitrogens with one attached hydrogen (secondary N) is 2.